The average molecular weight is 417 g/mol. The molecule has 2 atom stereocenters. The van der Waals surface area contributed by atoms with Crippen LogP contribution < -0.4 is 0 Å². The first-order valence-corrected chi connectivity index (χ1v) is 12.6. The SMILES string of the molecule is Cc1ccc([C@]2(C(C)(C)C)SS[C@@](c3ccc(C)cc3)(C(C)(C)C)S2)cc1. The Morgan fingerprint density at radius 2 is 0.852 bits per heavy atom. The number of hydrogen-bond donors (Lipinski definition) is 0. The van der Waals surface area contributed by atoms with E-state index >= 15 is 0 Å². The Balaban J connectivity index is 2.17. The molecule has 0 aromatic heterocycles. The van der Waals surface area contributed by atoms with Gasteiger partial charge >= 0.3 is 0 Å². The molecule has 0 spiro atoms. The lowest BCUT2D eigenvalue weighted by atomic mass is 9.85. The molecule has 2 aromatic carbocycles. The van der Waals surface area contributed by atoms with Crippen LogP contribution in [0.2, 0.25) is 0 Å². The third kappa shape index (κ3) is 3.60. The van der Waals surface area contributed by atoms with Gasteiger partial charge in [0.2, 0.25) is 0 Å². The second kappa shape index (κ2) is 7.07. The summed E-state index contributed by atoms with van der Waals surface area (Å²) >= 11 is 2.16. The van der Waals surface area contributed by atoms with E-state index in [1.54, 1.807) is 0 Å². The molecule has 0 amide bonds. The lowest BCUT2D eigenvalue weighted by Gasteiger charge is -2.45. The minimum absolute atomic E-state index is 0.00350. The molecule has 27 heavy (non-hydrogen) atoms. The first-order valence-electron chi connectivity index (χ1n) is 9.63. The number of hydrogen-bond acceptors (Lipinski definition) is 3. The zero-order valence-corrected chi connectivity index (χ0v) is 20.3. The van der Waals surface area contributed by atoms with Crippen LogP contribution in [0.5, 0.6) is 0 Å². The van der Waals surface area contributed by atoms with Crippen LogP contribution in [0.25, 0.3) is 0 Å². The van der Waals surface area contributed by atoms with Gasteiger partial charge in [0.15, 0.2) is 0 Å². The van der Waals surface area contributed by atoms with Crippen LogP contribution in [0.15, 0.2) is 48.5 Å². The van der Waals surface area contributed by atoms with Crippen molar-refractivity contribution in [1.82, 2.24) is 0 Å². The molecular formula is C24H32S3. The number of aryl methyl sites for hydroxylation is 2. The molecule has 2 aromatic rings. The van der Waals surface area contributed by atoms with E-state index in [9.17, 15) is 0 Å². The Labute approximate surface area is 178 Å². The Morgan fingerprint density at radius 3 is 1.11 bits per heavy atom. The quantitative estimate of drug-likeness (QED) is 0.450. The van der Waals surface area contributed by atoms with Crippen molar-refractivity contribution in [3.63, 3.8) is 0 Å². The maximum atomic E-state index is 2.39. The van der Waals surface area contributed by atoms with Crippen molar-refractivity contribution >= 4 is 33.3 Å². The van der Waals surface area contributed by atoms with E-state index < -0.39 is 0 Å². The first-order chi connectivity index (χ1) is 12.4. The van der Waals surface area contributed by atoms with Crippen LogP contribution in [0.4, 0.5) is 0 Å². The smallest absolute Gasteiger partial charge is 0.103 e. The molecule has 0 bridgehead atoms. The van der Waals surface area contributed by atoms with Crippen molar-refractivity contribution in [3.05, 3.63) is 70.8 Å². The first kappa shape index (κ1) is 21.2. The highest BCUT2D eigenvalue weighted by Crippen LogP contribution is 2.80. The van der Waals surface area contributed by atoms with Gasteiger partial charge in [-0.05, 0) is 35.8 Å². The summed E-state index contributed by atoms with van der Waals surface area (Å²) < 4.78 is 0.00701. The summed E-state index contributed by atoms with van der Waals surface area (Å²) in [7, 11) is 4.14. The molecule has 0 unspecified atom stereocenters. The fourth-order valence-electron chi connectivity index (χ4n) is 3.54. The molecule has 0 radical (unpaired) electrons. The van der Waals surface area contributed by atoms with Gasteiger partial charge in [-0.1, -0.05) is 123 Å². The van der Waals surface area contributed by atoms with Crippen molar-refractivity contribution < 1.29 is 0 Å². The molecule has 0 aliphatic carbocycles. The lowest BCUT2D eigenvalue weighted by Crippen LogP contribution is -2.37. The van der Waals surface area contributed by atoms with Crippen molar-refractivity contribution in [3.8, 4) is 0 Å². The fraction of sp³-hybridized carbons (Fsp3) is 0.500. The molecule has 3 rings (SSSR count). The highest BCUT2D eigenvalue weighted by atomic mass is 33.1. The van der Waals surface area contributed by atoms with Crippen LogP contribution >= 0.6 is 33.3 Å². The molecule has 0 saturated carbocycles. The molecule has 0 nitrogen and oxygen atoms in total. The molecular weight excluding hydrogens is 384 g/mol. The predicted molar refractivity (Wildman–Crippen MR) is 127 cm³/mol. The lowest BCUT2D eigenvalue weighted by molar-refractivity contribution is 0.353. The molecule has 1 fully saturated rings. The van der Waals surface area contributed by atoms with Gasteiger partial charge in [0, 0.05) is 0 Å². The fourth-order valence-corrected chi connectivity index (χ4v) is 11.4. The van der Waals surface area contributed by atoms with E-state index in [2.05, 4.69) is 137 Å². The number of benzene rings is 2. The van der Waals surface area contributed by atoms with E-state index in [0.717, 1.165) is 0 Å². The van der Waals surface area contributed by atoms with Crippen LogP contribution in [-0.2, 0) is 8.16 Å². The number of rotatable bonds is 2. The van der Waals surface area contributed by atoms with Gasteiger partial charge in [0.05, 0.1) is 0 Å². The van der Waals surface area contributed by atoms with Gasteiger partial charge < -0.3 is 0 Å². The third-order valence-corrected chi connectivity index (χ3v) is 13.3. The molecule has 1 heterocycles. The highest BCUT2D eigenvalue weighted by molar-refractivity contribution is 8.83. The van der Waals surface area contributed by atoms with Crippen molar-refractivity contribution in [2.45, 2.75) is 63.5 Å². The minimum atomic E-state index is 0.00350. The molecule has 1 aliphatic rings. The van der Waals surface area contributed by atoms with E-state index in [1.165, 1.54) is 22.3 Å². The Kier molecular flexibility index (Phi) is 5.56. The molecule has 1 saturated heterocycles. The topological polar surface area (TPSA) is 0 Å². The van der Waals surface area contributed by atoms with E-state index in [0.29, 0.717) is 0 Å². The summed E-state index contributed by atoms with van der Waals surface area (Å²) in [5.41, 5.74) is 5.76. The van der Waals surface area contributed by atoms with Crippen LogP contribution in [0.3, 0.4) is 0 Å². The van der Waals surface area contributed by atoms with Gasteiger partial charge in [-0.15, -0.1) is 11.8 Å². The Morgan fingerprint density at radius 1 is 0.556 bits per heavy atom. The van der Waals surface area contributed by atoms with Gasteiger partial charge in [0.1, 0.15) is 8.16 Å². The summed E-state index contributed by atoms with van der Waals surface area (Å²) in [6.07, 6.45) is 0. The van der Waals surface area contributed by atoms with Gasteiger partial charge in [-0.2, -0.15) is 0 Å². The number of thioether (sulfide) groups is 1. The Bertz CT molecular complexity index is 724. The summed E-state index contributed by atoms with van der Waals surface area (Å²) in [4.78, 5) is 0. The summed E-state index contributed by atoms with van der Waals surface area (Å²) in [6, 6.07) is 18.4. The van der Waals surface area contributed by atoms with Crippen molar-refractivity contribution in [1.29, 1.82) is 0 Å². The second-order valence-corrected chi connectivity index (χ2v) is 14.2. The minimum Gasteiger partial charge on any atom is -0.114 e. The monoisotopic (exact) mass is 416 g/mol. The van der Waals surface area contributed by atoms with Gasteiger partial charge in [-0.3, -0.25) is 0 Å². The van der Waals surface area contributed by atoms with Gasteiger partial charge in [0.25, 0.3) is 0 Å². The van der Waals surface area contributed by atoms with Crippen molar-refractivity contribution in [2.75, 3.05) is 0 Å². The van der Waals surface area contributed by atoms with E-state index in [4.69, 9.17) is 0 Å². The molecule has 1 aliphatic heterocycles. The zero-order valence-electron chi connectivity index (χ0n) is 17.8. The van der Waals surface area contributed by atoms with Crippen LogP contribution in [-0.4, -0.2) is 0 Å². The predicted octanol–water partition coefficient (Wildman–Crippen LogP) is 8.53. The van der Waals surface area contributed by atoms with E-state index in [-0.39, 0.29) is 19.0 Å². The van der Waals surface area contributed by atoms with Crippen molar-refractivity contribution in [2.24, 2.45) is 10.8 Å². The summed E-state index contributed by atoms with van der Waals surface area (Å²) in [5, 5.41) is 0. The largest absolute Gasteiger partial charge is 0.114 e. The highest BCUT2D eigenvalue weighted by Gasteiger charge is 2.61. The Hall–Kier alpha value is -0.510. The molecule has 0 N–H and O–H groups in total. The normalized spacial score (nSPS) is 26.4. The van der Waals surface area contributed by atoms with Crippen LogP contribution in [0.1, 0.15) is 63.8 Å². The maximum Gasteiger partial charge on any atom is 0.103 e. The standard InChI is InChI=1S/C24H32S3/c1-17-9-13-19(14-10-17)23(21(3,4)5)25-24(27-26-23,22(6,7)8)20-15-11-18(2)12-16-20/h9-16H,1-8H3/t23-,24+. The molecule has 146 valence electrons. The molecule has 3 heteroatoms. The van der Waals surface area contributed by atoms with E-state index in [1.807, 2.05) is 0 Å². The summed E-state index contributed by atoms with van der Waals surface area (Å²) in [5.74, 6) is 0. The zero-order chi connectivity index (χ0) is 20.1. The van der Waals surface area contributed by atoms with Crippen LogP contribution in [0, 0.1) is 24.7 Å². The van der Waals surface area contributed by atoms with Gasteiger partial charge in [-0.25, -0.2) is 0 Å². The summed E-state index contributed by atoms with van der Waals surface area (Å²) in [6.45, 7) is 18.7. The maximum absolute atomic E-state index is 2.39. The third-order valence-electron chi connectivity index (χ3n) is 5.40. The second-order valence-electron chi connectivity index (χ2n) is 9.73. The average Bonchev–Trinajstić information content (AvgIpc) is 2.99.